The van der Waals surface area contributed by atoms with Gasteiger partial charge < -0.3 is 10.1 Å². The maximum atomic E-state index is 12.2. The first kappa shape index (κ1) is 17.5. The fourth-order valence-corrected chi connectivity index (χ4v) is 2.83. The SMILES string of the molecule is O=C(NCC#CCOc1cccc2cccnc12)c1ccc2ccccc2n1. The van der Waals surface area contributed by atoms with Crippen molar-refractivity contribution < 1.29 is 9.53 Å². The number of fused-ring (bicyclic) bond motifs is 2. The molecule has 0 aliphatic carbocycles. The zero-order valence-electron chi connectivity index (χ0n) is 15.1. The molecule has 0 unspecified atom stereocenters. The summed E-state index contributed by atoms with van der Waals surface area (Å²) in [5.41, 5.74) is 1.97. The Hall–Kier alpha value is -3.91. The highest BCUT2D eigenvalue weighted by atomic mass is 16.5. The molecule has 1 N–H and O–H groups in total. The third-order valence-corrected chi connectivity index (χ3v) is 4.19. The molecule has 4 rings (SSSR count). The fraction of sp³-hybridized carbons (Fsp3) is 0.0870. The highest BCUT2D eigenvalue weighted by Crippen LogP contribution is 2.22. The molecular formula is C23H17N3O2. The van der Waals surface area contributed by atoms with Gasteiger partial charge in [-0.15, -0.1) is 0 Å². The van der Waals surface area contributed by atoms with Gasteiger partial charge in [-0.2, -0.15) is 0 Å². The molecular weight excluding hydrogens is 350 g/mol. The summed E-state index contributed by atoms with van der Waals surface area (Å²) in [5, 5.41) is 4.76. The highest BCUT2D eigenvalue weighted by molar-refractivity contribution is 5.95. The molecule has 0 radical (unpaired) electrons. The molecule has 136 valence electrons. The van der Waals surface area contributed by atoms with Crippen LogP contribution in [0.15, 0.2) is 72.9 Å². The fourth-order valence-electron chi connectivity index (χ4n) is 2.83. The van der Waals surface area contributed by atoms with Crippen molar-refractivity contribution in [2.75, 3.05) is 13.2 Å². The van der Waals surface area contributed by atoms with Crippen molar-refractivity contribution in [2.24, 2.45) is 0 Å². The van der Waals surface area contributed by atoms with Crippen molar-refractivity contribution in [3.8, 4) is 17.6 Å². The van der Waals surface area contributed by atoms with Crippen LogP contribution in [-0.2, 0) is 0 Å². The van der Waals surface area contributed by atoms with E-state index in [1.165, 1.54) is 0 Å². The van der Waals surface area contributed by atoms with E-state index in [2.05, 4.69) is 27.1 Å². The zero-order chi connectivity index (χ0) is 19.2. The van der Waals surface area contributed by atoms with E-state index < -0.39 is 0 Å². The topological polar surface area (TPSA) is 64.1 Å². The minimum Gasteiger partial charge on any atom is -0.479 e. The number of ether oxygens (including phenoxy) is 1. The predicted octanol–water partition coefficient (Wildman–Crippen LogP) is 3.60. The first-order valence-corrected chi connectivity index (χ1v) is 8.87. The molecule has 28 heavy (non-hydrogen) atoms. The highest BCUT2D eigenvalue weighted by Gasteiger charge is 2.06. The predicted molar refractivity (Wildman–Crippen MR) is 109 cm³/mol. The third kappa shape index (κ3) is 3.92. The van der Waals surface area contributed by atoms with Crippen molar-refractivity contribution in [1.29, 1.82) is 0 Å². The molecule has 0 fully saturated rings. The lowest BCUT2D eigenvalue weighted by molar-refractivity contribution is 0.0954. The number of nitrogens with one attached hydrogen (secondary N) is 1. The molecule has 2 aromatic heterocycles. The Balaban J connectivity index is 1.31. The number of aromatic nitrogens is 2. The lowest BCUT2D eigenvalue weighted by atomic mass is 10.2. The van der Waals surface area contributed by atoms with E-state index in [0.717, 1.165) is 21.8 Å². The van der Waals surface area contributed by atoms with E-state index in [9.17, 15) is 4.79 Å². The van der Waals surface area contributed by atoms with Crippen molar-refractivity contribution >= 4 is 27.7 Å². The number of carbonyl (C=O) groups is 1. The lowest BCUT2D eigenvalue weighted by Crippen LogP contribution is -2.24. The zero-order valence-corrected chi connectivity index (χ0v) is 15.1. The molecule has 0 atom stereocenters. The van der Waals surface area contributed by atoms with Gasteiger partial charge in [0.25, 0.3) is 5.91 Å². The van der Waals surface area contributed by atoms with Crippen LogP contribution in [0.4, 0.5) is 0 Å². The number of carbonyl (C=O) groups excluding carboxylic acids is 1. The van der Waals surface area contributed by atoms with Gasteiger partial charge in [-0.25, -0.2) is 4.98 Å². The van der Waals surface area contributed by atoms with Crippen molar-refractivity contribution in [3.63, 3.8) is 0 Å². The molecule has 5 nitrogen and oxygen atoms in total. The Morgan fingerprint density at radius 2 is 1.79 bits per heavy atom. The van der Waals surface area contributed by atoms with Gasteiger partial charge in [0.1, 0.15) is 23.6 Å². The summed E-state index contributed by atoms with van der Waals surface area (Å²) in [6.07, 6.45) is 1.73. The Morgan fingerprint density at radius 3 is 2.75 bits per heavy atom. The van der Waals surface area contributed by atoms with Gasteiger partial charge in [-0.1, -0.05) is 54.3 Å². The number of benzene rings is 2. The van der Waals surface area contributed by atoms with Crippen LogP contribution < -0.4 is 10.1 Å². The van der Waals surface area contributed by atoms with E-state index in [0.29, 0.717) is 11.4 Å². The standard InChI is InChI=1S/C23H17N3O2/c27-23(20-13-12-17-7-1-2-10-19(17)26-20)25-14-3-4-16-28-21-11-5-8-18-9-6-15-24-22(18)21/h1-2,5-13,15H,14,16H2,(H,25,27). The summed E-state index contributed by atoms with van der Waals surface area (Å²) in [5.74, 6) is 6.23. The number of amides is 1. The van der Waals surface area contributed by atoms with Crippen LogP contribution in [0.25, 0.3) is 21.8 Å². The van der Waals surface area contributed by atoms with Crippen LogP contribution in [0.2, 0.25) is 0 Å². The van der Waals surface area contributed by atoms with E-state index in [1.54, 1.807) is 12.3 Å². The van der Waals surface area contributed by atoms with Crippen molar-refractivity contribution in [1.82, 2.24) is 15.3 Å². The first-order valence-electron chi connectivity index (χ1n) is 8.87. The van der Waals surface area contributed by atoms with Crippen molar-refractivity contribution in [3.05, 3.63) is 78.6 Å². The number of hydrogen-bond donors (Lipinski definition) is 1. The second-order valence-electron chi connectivity index (χ2n) is 6.05. The molecule has 0 saturated carbocycles. The van der Waals surface area contributed by atoms with E-state index >= 15 is 0 Å². The van der Waals surface area contributed by atoms with Gasteiger partial charge in [-0.05, 0) is 24.3 Å². The smallest absolute Gasteiger partial charge is 0.270 e. The first-order chi connectivity index (χ1) is 13.8. The van der Waals surface area contributed by atoms with Crippen LogP contribution in [0.3, 0.4) is 0 Å². The van der Waals surface area contributed by atoms with Crippen LogP contribution in [0.1, 0.15) is 10.5 Å². The molecule has 0 aliphatic rings. The minimum absolute atomic E-state index is 0.222. The molecule has 4 aromatic rings. The summed E-state index contributed by atoms with van der Waals surface area (Å²) in [6, 6.07) is 20.9. The quantitative estimate of drug-likeness (QED) is 0.560. The van der Waals surface area contributed by atoms with Gasteiger partial charge in [0.15, 0.2) is 0 Å². The minimum atomic E-state index is -0.251. The van der Waals surface area contributed by atoms with Gasteiger partial charge in [-0.3, -0.25) is 9.78 Å². The molecule has 2 heterocycles. The lowest BCUT2D eigenvalue weighted by Gasteiger charge is -2.05. The number of nitrogens with zero attached hydrogens (tertiary/aromatic N) is 2. The maximum absolute atomic E-state index is 12.2. The molecule has 1 amide bonds. The summed E-state index contributed by atoms with van der Waals surface area (Å²) in [6.45, 7) is 0.449. The van der Waals surface area contributed by atoms with Gasteiger partial charge in [0, 0.05) is 17.0 Å². The number of hydrogen-bond acceptors (Lipinski definition) is 4. The maximum Gasteiger partial charge on any atom is 0.270 e. The molecule has 0 bridgehead atoms. The Morgan fingerprint density at radius 1 is 0.929 bits per heavy atom. The normalized spacial score (nSPS) is 10.3. The van der Waals surface area contributed by atoms with Crippen molar-refractivity contribution in [2.45, 2.75) is 0 Å². The van der Waals surface area contributed by atoms with E-state index in [1.807, 2.05) is 60.7 Å². The second-order valence-corrected chi connectivity index (χ2v) is 6.05. The average Bonchev–Trinajstić information content (AvgIpc) is 2.75. The van der Waals surface area contributed by atoms with Crippen LogP contribution >= 0.6 is 0 Å². The Labute approximate surface area is 162 Å². The molecule has 0 saturated heterocycles. The van der Waals surface area contributed by atoms with E-state index in [4.69, 9.17) is 4.74 Å². The summed E-state index contributed by atoms with van der Waals surface area (Å²) in [4.78, 5) is 20.9. The van der Waals surface area contributed by atoms with Crippen LogP contribution in [-0.4, -0.2) is 29.0 Å². The van der Waals surface area contributed by atoms with E-state index in [-0.39, 0.29) is 19.1 Å². The molecule has 5 heteroatoms. The molecule has 2 aromatic carbocycles. The third-order valence-electron chi connectivity index (χ3n) is 4.19. The number of para-hydroxylation sites is 2. The van der Waals surface area contributed by atoms with Gasteiger partial charge in [0.2, 0.25) is 0 Å². The average molecular weight is 367 g/mol. The summed E-state index contributed by atoms with van der Waals surface area (Å²) < 4.78 is 5.70. The summed E-state index contributed by atoms with van der Waals surface area (Å²) in [7, 11) is 0. The molecule has 0 aliphatic heterocycles. The Kier molecular flexibility index (Phi) is 5.12. The number of pyridine rings is 2. The largest absolute Gasteiger partial charge is 0.479 e. The van der Waals surface area contributed by atoms with Crippen LogP contribution in [0, 0.1) is 11.8 Å². The second kappa shape index (κ2) is 8.19. The molecule has 0 spiro atoms. The Bertz CT molecular complexity index is 1200. The van der Waals surface area contributed by atoms with Gasteiger partial charge >= 0.3 is 0 Å². The number of rotatable bonds is 4. The monoisotopic (exact) mass is 367 g/mol. The van der Waals surface area contributed by atoms with Gasteiger partial charge in [0.05, 0.1) is 12.1 Å². The van der Waals surface area contributed by atoms with Crippen LogP contribution in [0.5, 0.6) is 5.75 Å². The summed E-state index contributed by atoms with van der Waals surface area (Å²) >= 11 is 0.